The van der Waals surface area contributed by atoms with Crippen LogP contribution in [0.25, 0.3) is 0 Å². The normalized spacial score (nSPS) is 49.7. The number of fused-ring (bicyclic) bond motifs is 2. The van der Waals surface area contributed by atoms with E-state index in [1.165, 1.54) is 12.8 Å². The fourth-order valence-electron chi connectivity index (χ4n) is 3.87. The fraction of sp³-hybridized carbons (Fsp3) is 1.00. The van der Waals surface area contributed by atoms with Crippen LogP contribution in [0.2, 0.25) is 0 Å². The van der Waals surface area contributed by atoms with Gasteiger partial charge >= 0.3 is 0 Å². The molecule has 2 aliphatic heterocycles. The molecule has 4 heteroatoms. The van der Waals surface area contributed by atoms with Crippen molar-refractivity contribution in [3.8, 4) is 0 Å². The highest BCUT2D eigenvalue weighted by Gasteiger charge is 2.39. The van der Waals surface area contributed by atoms with Gasteiger partial charge in [0.25, 0.3) is 0 Å². The Morgan fingerprint density at radius 2 is 1.06 bits per heavy atom. The molecule has 0 aromatic heterocycles. The lowest BCUT2D eigenvalue weighted by Gasteiger charge is -2.08. The highest BCUT2D eigenvalue weighted by molar-refractivity contribution is 4.88. The molecule has 2 N–H and O–H groups in total. The molecular weight excluding hydrogens is 232 g/mol. The molecule has 2 saturated carbocycles. The van der Waals surface area contributed by atoms with E-state index in [2.05, 4.69) is 0 Å². The van der Waals surface area contributed by atoms with Gasteiger partial charge in [-0.1, -0.05) is 0 Å². The van der Waals surface area contributed by atoms with Crippen LogP contribution in [0, 0.1) is 23.7 Å². The van der Waals surface area contributed by atoms with Crippen molar-refractivity contribution in [1.29, 1.82) is 0 Å². The minimum absolute atomic E-state index is 0.0579. The monoisotopic (exact) mass is 256 g/mol. The summed E-state index contributed by atoms with van der Waals surface area (Å²) in [6.45, 7) is 3.38. The van der Waals surface area contributed by atoms with Crippen molar-refractivity contribution in [3.05, 3.63) is 0 Å². The molecule has 0 unspecified atom stereocenters. The van der Waals surface area contributed by atoms with Crippen LogP contribution in [0.15, 0.2) is 0 Å². The highest BCUT2D eigenvalue weighted by Crippen LogP contribution is 2.37. The Kier molecular flexibility index (Phi) is 3.89. The third-order valence-corrected chi connectivity index (χ3v) is 5.15. The first kappa shape index (κ1) is 12.9. The Labute approximate surface area is 108 Å². The first-order chi connectivity index (χ1) is 8.75. The SMILES string of the molecule is O[C@@H]1CC[C@H]2COC[C@H]21.O[C@H]1CC[C@@H]2COC[C@@H]21. The van der Waals surface area contributed by atoms with Gasteiger partial charge in [0.05, 0.1) is 25.4 Å². The molecule has 0 spiro atoms. The summed E-state index contributed by atoms with van der Waals surface area (Å²) in [5, 5.41) is 18.6. The van der Waals surface area contributed by atoms with Crippen LogP contribution in [-0.2, 0) is 9.47 Å². The molecule has 2 saturated heterocycles. The zero-order valence-corrected chi connectivity index (χ0v) is 10.8. The second-order valence-electron chi connectivity index (χ2n) is 6.21. The van der Waals surface area contributed by atoms with Crippen LogP contribution in [0.4, 0.5) is 0 Å². The molecule has 2 heterocycles. The van der Waals surface area contributed by atoms with Gasteiger partial charge in [-0.05, 0) is 37.5 Å². The van der Waals surface area contributed by atoms with Crippen LogP contribution >= 0.6 is 0 Å². The lowest BCUT2D eigenvalue weighted by atomic mass is 10.00. The van der Waals surface area contributed by atoms with Crippen LogP contribution in [0.5, 0.6) is 0 Å². The molecule has 6 atom stereocenters. The Morgan fingerprint density at radius 1 is 0.611 bits per heavy atom. The van der Waals surface area contributed by atoms with E-state index < -0.39 is 0 Å². The van der Waals surface area contributed by atoms with Crippen molar-refractivity contribution in [3.63, 3.8) is 0 Å². The summed E-state index contributed by atoms with van der Waals surface area (Å²) >= 11 is 0. The number of hydrogen-bond donors (Lipinski definition) is 2. The van der Waals surface area contributed by atoms with E-state index in [4.69, 9.17) is 9.47 Å². The average molecular weight is 256 g/mol. The van der Waals surface area contributed by atoms with Gasteiger partial charge in [-0.25, -0.2) is 0 Å². The quantitative estimate of drug-likeness (QED) is 0.673. The van der Waals surface area contributed by atoms with Gasteiger partial charge in [-0.3, -0.25) is 0 Å². The molecule has 0 aromatic rings. The maximum atomic E-state index is 9.32. The van der Waals surface area contributed by atoms with E-state index in [-0.39, 0.29) is 12.2 Å². The van der Waals surface area contributed by atoms with E-state index in [9.17, 15) is 10.2 Å². The van der Waals surface area contributed by atoms with Crippen molar-refractivity contribution < 1.29 is 19.7 Å². The predicted molar refractivity (Wildman–Crippen MR) is 66.1 cm³/mol. The van der Waals surface area contributed by atoms with Crippen molar-refractivity contribution in [2.75, 3.05) is 26.4 Å². The molecule has 4 rings (SSSR count). The minimum atomic E-state index is -0.0579. The second-order valence-corrected chi connectivity index (χ2v) is 6.21. The molecule has 4 fully saturated rings. The van der Waals surface area contributed by atoms with Crippen LogP contribution in [-0.4, -0.2) is 48.8 Å². The molecule has 0 radical (unpaired) electrons. The molecular formula is C14H24O4. The van der Waals surface area contributed by atoms with Gasteiger partial charge in [0.2, 0.25) is 0 Å². The van der Waals surface area contributed by atoms with Gasteiger partial charge < -0.3 is 19.7 Å². The molecule has 4 nitrogen and oxygen atoms in total. The highest BCUT2D eigenvalue weighted by atomic mass is 16.5. The predicted octanol–water partition coefficient (Wildman–Crippen LogP) is 0.807. The van der Waals surface area contributed by atoms with Crippen molar-refractivity contribution in [1.82, 2.24) is 0 Å². The number of aliphatic hydroxyl groups excluding tert-OH is 2. The van der Waals surface area contributed by atoms with E-state index in [1.807, 2.05) is 0 Å². The summed E-state index contributed by atoms with van der Waals surface area (Å²) in [4.78, 5) is 0. The summed E-state index contributed by atoms with van der Waals surface area (Å²) in [6, 6.07) is 0. The molecule has 2 aliphatic carbocycles. The van der Waals surface area contributed by atoms with Crippen molar-refractivity contribution >= 4 is 0 Å². The zero-order valence-electron chi connectivity index (χ0n) is 10.8. The summed E-state index contributed by atoms with van der Waals surface area (Å²) < 4.78 is 10.4. The summed E-state index contributed by atoms with van der Waals surface area (Å²) in [6.07, 6.45) is 4.23. The Bertz CT molecular complexity index is 255. The van der Waals surface area contributed by atoms with Crippen LogP contribution < -0.4 is 0 Å². The number of hydrogen-bond acceptors (Lipinski definition) is 4. The van der Waals surface area contributed by atoms with E-state index in [0.717, 1.165) is 39.3 Å². The summed E-state index contributed by atoms with van der Waals surface area (Å²) in [5.41, 5.74) is 0. The van der Waals surface area contributed by atoms with Gasteiger partial charge in [-0.2, -0.15) is 0 Å². The maximum absolute atomic E-state index is 9.32. The van der Waals surface area contributed by atoms with Crippen molar-refractivity contribution in [2.24, 2.45) is 23.7 Å². The topological polar surface area (TPSA) is 58.9 Å². The third kappa shape index (κ3) is 2.44. The Hall–Kier alpha value is -0.160. The number of rotatable bonds is 0. The second kappa shape index (κ2) is 5.45. The van der Waals surface area contributed by atoms with Gasteiger partial charge in [-0.15, -0.1) is 0 Å². The lowest BCUT2D eigenvalue weighted by molar-refractivity contribution is 0.0992. The molecule has 0 aromatic carbocycles. The van der Waals surface area contributed by atoms with Crippen LogP contribution in [0.3, 0.4) is 0 Å². The lowest BCUT2D eigenvalue weighted by Crippen LogP contribution is -2.17. The standard InChI is InChI=1S/2C7H12O2/c2*8-7-2-1-5-3-9-4-6(5)7/h2*5-8H,1-4H2/t2*5-,6+,7+/m10/s1. The Balaban J connectivity index is 0.000000111. The van der Waals surface area contributed by atoms with E-state index in [1.54, 1.807) is 0 Å². The summed E-state index contributed by atoms with van der Waals surface area (Å²) in [5.74, 6) is 2.31. The zero-order chi connectivity index (χ0) is 12.5. The van der Waals surface area contributed by atoms with E-state index >= 15 is 0 Å². The first-order valence-corrected chi connectivity index (χ1v) is 7.27. The minimum Gasteiger partial charge on any atom is -0.393 e. The molecule has 104 valence electrons. The number of aliphatic hydroxyl groups is 2. The molecule has 0 amide bonds. The molecule has 18 heavy (non-hydrogen) atoms. The first-order valence-electron chi connectivity index (χ1n) is 7.27. The smallest absolute Gasteiger partial charge is 0.0594 e. The van der Waals surface area contributed by atoms with Gasteiger partial charge in [0.1, 0.15) is 0 Å². The fourth-order valence-corrected chi connectivity index (χ4v) is 3.87. The van der Waals surface area contributed by atoms with Crippen LogP contribution in [0.1, 0.15) is 25.7 Å². The van der Waals surface area contributed by atoms with Gasteiger partial charge in [0.15, 0.2) is 0 Å². The molecule has 0 bridgehead atoms. The largest absolute Gasteiger partial charge is 0.393 e. The summed E-state index contributed by atoms with van der Waals surface area (Å²) in [7, 11) is 0. The average Bonchev–Trinajstić information content (AvgIpc) is 3.06. The van der Waals surface area contributed by atoms with Crippen molar-refractivity contribution in [2.45, 2.75) is 37.9 Å². The van der Waals surface area contributed by atoms with Gasteiger partial charge in [0, 0.05) is 25.0 Å². The number of ether oxygens (including phenoxy) is 2. The molecule has 4 aliphatic rings. The Morgan fingerprint density at radius 3 is 1.44 bits per heavy atom. The third-order valence-electron chi connectivity index (χ3n) is 5.15. The maximum Gasteiger partial charge on any atom is 0.0594 e. The van der Waals surface area contributed by atoms with E-state index in [0.29, 0.717) is 23.7 Å².